The lowest BCUT2D eigenvalue weighted by Gasteiger charge is -2.22. The Morgan fingerprint density at radius 3 is 2.84 bits per heavy atom. The molecule has 5 rings (SSSR count). The van der Waals surface area contributed by atoms with Crippen LogP contribution in [0.15, 0.2) is 30.5 Å². The van der Waals surface area contributed by atoms with E-state index in [2.05, 4.69) is 28.4 Å². The van der Waals surface area contributed by atoms with E-state index < -0.39 is 12.0 Å². The molecule has 2 atom stereocenters. The van der Waals surface area contributed by atoms with Crippen LogP contribution >= 0.6 is 0 Å². The predicted octanol–water partition coefficient (Wildman–Crippen LogP) is 3.12. The molecule has 3 aromatic heterocycles. The number of rotatable bonds is 4. The van der Waals surface area contributed by atoms with E-state index in [1.54, 1.807) is 30.3 Å². The number of nitrogen functional groups attached to an aromatic ring is 1. The minimum Gasteiger partial charge on any atom is -0.383 e. The summed E-state index contributed by atoms with van der Waals surface area (Å²) in [6.45, 7) is 4.40. The van der Waals surface area contributed by atoms with E-state index in [4.69, 9.17) is 15.6 Å². The highest BCUT2D eigenvalue weighted by Crippen LogP contribution is 2.34. The molecule has 198 valence electrons. The lowest BCUT2D eigenvalue weighted by Crippen LogP contribution is -2.37. The Bertz CT molecular complexity index is 1520. The van der Waals surface area contributed by atoms with Crippen molar-refractivity contribution in [1.82, 2.24) is 29.2 Å². The summed E-state index contributed by atoms with van der Waals surface area (Å²) in [6.07, 6.45) is 1.42. The molecule has 0 spiro atoms. The van der Waals surface area contributed by atoms with E-state index in [1.807, 2.05) is 4.68 Å². The number of pyridine rings is 1. The maximum Gasteiger partial charge on any atom is 0.449 e. The first-order valence-electron chi connectivity index (χ1n) is 12.0. The van der Waals surface area contributed by atoms with Gasteiger partial charge in [-0.25, -0.2) is 9.97 Å². The normalized spacial score (nSPS) is 19.2. The molecule has 38 heavy (non-hydrogen) atoms. The number of fused-ring (bicyclic) bond motifs is 2. The second-order valence-corrected chi connectivity index (χ2v) is 9.32. The van der Waals surface area contributed by atoms with Crippen LogP contribution in [0.25, 0.3) is 17.0 Å². The molecule has 2 aliphatic rings. The lowest BCUT2D eigenvalue weighted by atomic mass is 10.00. The highest BCUT2D eigenvalue weighted by Gasteiger charge is 2.38. The van der Waals surface area contributed by atoms with E-state index in [9.17, 15) is 18.0 Å². The largest absolute Gasteiger partial charge is 0.449 e. The van der Waals surface area contributed by atoms with Gasteiger partial charge in [-0.3, -0.25) is 9.48 Å². The quantitative estimate of drug-likeness (QED) is 0.415. The first kappa shape index (κ1) is 25.5. The number of methoxy groups -OCH3 is 1. The number of anilines is 1. The van der Waals surface area contributed by atoms with E-state index in [-0.39, 0.29) is 29.5 Å². The average molecular weight is 526 g/mol. The zero-order valence-corrected chi connectivity index (χ0v) is 20.9. The minimum absolute atomic E-state index is 0.134. The molecule has 0 bridgehead atoms. The number of hydrogen-bond acceptors (Lipinski definition) is 6. The molecule has 3 aromatic rings. The van der Waals surface area contributed by atoms with Crippen molar-refractivity contribution < 1.29 is 22.7 Å². The molecule has 1 aliphatic carbocycles. The smallest absolute Gasteiger partial charge is 0.383 e. The molecule has 0 aromatic carbocycles. The van der Waals surface area contributed by atoms with Crippen LogP contribution in [0.3, 0.4) is 0 Å². The molecule has 4 heterocycles. The van der Waals surface area contributed by atoms with Crippen molar-refractivity contribution in [3.63, 3.8) is 0 Å². The van der Waals surface area contributed by atoms with Crippen molar-refractivity contribution >= 4 is 28.7 Å². The van der Waals surface area contributed by atoms with E-state index in [0.717, 1.165) is 10.1 Å². The third kappa shape index (κ3) is 4.43. The monoisotopic (exact) mass is 525 g/mol. The number of nitrogens with zero attached hydrogens (tertiary/aromatic N) is 6. The number of hydrogen-bond donors (Lipinski definition) is 1. The van der Waals surface area contributed by atoms with Gasteiger partial charge in [-0.15, -0.1) is 0 Å². The molecule has 1 unspecified atom stereocenters. The van der Waals surface area contributed by atoms with Crippen molar-refractivity contribution in [2.75, 3.05) is 26.0 Å². The first-order chi connectivity index (χ1) is 18.1. The Balaban J connectivity index is 1.51. The number of halogens is 3. The fraction of sp³-hybridized carbons (Fsp3) is 0.385. The molecule has 12 heteroatoms. The van der Waals surface area contributed by atoms with Gasteiger partial charge in [-0.2, -0.15) is 18.3 Å². The van der Waals surface area contributed by atoms with Crippen molar-refractivity contribution in [2.45, 2.75) is 37.5 Å². The number of likely N-dealkylation sites (tertiary alicyclic amines) is 1. The molecule has 1 amide bonds. The maximum absolute atomic E-state index is 13.3. The zero-order chi connectivity index (χ0) is 27.2. The number of aromatic nitrogens is 5. The summed E-state index contributed by atoms with van der Waals surface area (Å²) in [5, 5.41) is 5.34. The fourth-order valence-electron chi connectivity index (χ4n) is 5.23. The van der Waals surface area contributed by atoms with Gasteiger partial charge in [0, 0.05) is 38.2 Å². The Labute approximate surface area is 216 Å². The molecule has 2 N–H and O–H groups in total. The number of carbonyl (C=O) groups excluding carboxylic acids is 1. The van der Waals surface area contributed by atoms with Gasteiger partial charge in [0.25, 0.3) is 0 Å². The van der Waals surface area contributed by atoms with Crippen LogP contribution in [0.4, 0.5) is 19.0 Å². The molecular formula is C26H26F3N7O2. The number of allylic oxidation sites excluding steroid dienone is 1. The van der Waals surface area contributed by atoms with Gasteiger partial charge < -0.3 is 19.9 Å². The number of ether oxygens (including phenoxy) is 1. The molecule has 1 fully saturated rings. The van der Waals surface area contributed by atoms with E-state index in [0.29, 0.717) is 54.8 Å². The number of alkyl halides is 3. The van der Waals surface area contributed by atoms with Gasteiger partial charge in [0.1, 0.15) is 11.5 Å². The number of amides is 1. The van der Waals surface area contributed by atoms with Crippen molar-refractivity contribution in [2.24, 2.45) is 7.05 Å². The number of nitrogens with two attached hydrogens (primary N) is 1. The topological polar surface area (TPSA) is 104 Å². The summed E-state index contributed by atoms with van der Waals surface area (Å²) in [6, 6.07) is 1.51. The van der Waals surface area contributed by atoms with Gasteiger partial charge in [0.2, 0.25) is 11.7 Å². The van der Waals surface area contributed by atoms with Crippen LogP contribution in [-0.4, -0.2) is 61.4 Å². The van der Waals surface area contributed by atoms with Crippen LogP contribution in [0, 0.1) is 11.8 Å². The highest BCUT2D eigenvalue weighted by molar-refractivity contribution is 5.93. The average Bonchev–Trinajstić information content (AvgIpc) is 3.56. The van der Waals surface area contributed by atoms with Crippen molar-refractivity contribution in [3.8, 4) is 11.8 Å². The highest BCUT2D eigenvalue weighted by atomic mass is 19.4. The molecule has 0 saturated carbocycles. The fourth-order valence-corrected chi connectivity index (χ4v) is 5.23. The van der Waals surface area contributed by atoms with Crippen molar-refractivity contribution in [3.05, 3.63) is 53.4 Å². The lowest BCUT2D eigenvalue weighted by molar-refractivity contribution is -0.146. The van der Waals surface area contributed by atoms with Crippen molar-refractivity contribution in [1.29, 1.82) is 0 Å². The molecule has 1 saturated heterocycles. The molecule has 0 radical (unpaired) electrons. The zero-order valence-electron chi connectivity index (χ0n) is 20.9. The Kier molecular flexibility index (Phi) is 6.48. The summed E-state index contributed by atoms with van der Waals surface area (Å²) in [5.74, 6) is 5.27. The third-order valence-electron chi connectivity index (χ3n) is 6.99. The van der Waals surface area contributed by atoms with Crippen LogP contribution in [-0.2, 0) is 29.2 Å². The van der Waals surface area contributed by atoms with Crippen LogP contribution in [0.2, 0.25) is 0 Å². The molecule has 9 nitrogen and oxygen atoms in total. The van der Waals surface area contributed by atoms with Crippen LogP contribution in [0.5, 0.6) is 0 Å². The summed E-state index contributed by atoms with van der Waals surface area (Å²) in [5.41, 5.74) is 8.80. The summed E-state index contributed by atoms with van der Waals surface area (Å²) < 4.78 is 48.1. The molecular weight excluding hydrogens is 499 g/mol. The maximum atomic E-state index is 13.3. The van der Waals surface area contributed by atoms with Gasteiger partial charge in [-0.1, -0.05) is 12.5 Å². The standard InChI is InChI=1S/C26H26F3N7O2/c1-4-22(37)35-13-16(12-17(35)14-38-3)36-21-9-10-31-24(30)23(21)18(33-36)7-5-15-6-8-20-19(11-15)32-25(34(20)2)26(27,28)29/h4,9-11,16-17H,1,6,8,12-14H2,2-3H3,(H2,30,31)/t16?,17-/m1/s1. The second-order valence-electron chi connectivity index (χ2n) is 9.32. The second kappa shape index (κ2) is 9.64. The van der Waals surface area contributed by atoms with E-state index in [1.165, 1.54) is 13.1 Å². The Morgan fingerprint density at radius 2 is 2.13 bits per heavy atom. The van der Waals surface area contributed by atoms with Crippen LogP contribution < -0.4 is 5.73 Å². The van der Waals surface area contributed by atoms with Gasteiger partial charge in [0.05, 0.1) is 35.3 Å². The van der Waals surface area contributed by atoms with Gasteiger partial charge in [0.15, 0.2) is 0 Å². The number of imidazole rings is 1. The Hall–Kier alpha value is -4.11. The van der Waals surface area contributed by atoms with E-state index >= 15 is 0 Å². The SMILES string of the molecule is C=CC(=O)N1CC(n2nc(C#CC3=Cc4nc(C(F)(F)F)n(C)c4CC3)c3c(N)nccc32)C[C@@H]1COC. The number of carbonyl (C=O) groups is 1. The predicted molar refractivity (Wildman–Crippen MR) is 135 cm³/mol. The minimum atomic E-state index is -4.53. The van der Waals surface area contributed by atoms with Crippen LogP contribution in [0.1, 0.15) is 41.8 Å². The van der Waals surface area contributed by atoms with Gasteiger partial charge >= 0.3 is 6.18 Å². The Morgan fingerprint density at radius 1 is 1.34 bits per heavy atom. The third-order valence-corrected chi connectivity index (χ3v) is 6.99. The van der Waals surface area contributed by atoms with Gasteiger partial charge in [-0.05, 0) is 43.4 Å². The summed E-state index contributed by atoms with van der Waals surface area (Å²) in [7, 11) is 2.96. The summed E-state index contributed by atoms with van der Waals surface area (Å²) in [4.78, 5) is 22.1. The molecule has 1 aliphatic heterocycles. The summed E-state index contributed by atoms with van der Waals surface area (Å²) >= 11 is 0. The first-order valence-corrected chi connectivity index (χ1v) is 12.0.